The highest BCUT2D eigenvalue weighted by Crippen LogP contribution is 2.40. The fraction of sp³-hybridized carbons (Fsp3) is 0.765. The molecule has 4 heteroatoms. The minimum absolute atomic E-state index is 0.452. The van der Waals surface area contributed by atoms with Crippen LogP contribution in [0.4, 0.5) is 0 Å². The van der Waals surface area contributed by atoms with Crippen molar-refractivity contribution < 1.29 is 4.74 Å². The third kappa shape index (κ3) is 3.34. The lowest BCUT2D eigenvalue weighted by molar-refractivity contribution is 0.0207. The Balaban J connectivity index is 1.52. The minimum Gasteiger partial charge on any atom is -0.380 e. The summed E-state index contributed by atoms with van der Waals surface area (Å²) in [5, 5.41) is 2.18. The smallest absolute Gasteiger partial charge is 0.0621 e. The zero-order chi connectivity index (χ0) is 14.7. The summed E-state index contributed by atoms with van der Waals surface area (Å²) in [5.41, 5.74) is 0.452. The molecular weight excluding hydrogens is 280 g/mol. The molecule has 1 spiro atoms. The van der Waals surface area contributed by atoms with Gasteiger partial charge in [0.25, 0.3) is 0 Å². The number of thiophene rings is 1. The average Bonchev–Trinajstić information content (AvgIpc) is 3.11. The molecule has 2 saturated heterocycles. The number of ether oxygens (including phenoxy) is 1. The van der Waals surface area contributed by atoms with Crippen molar-refractivity contribution >= 4 is 11.3 Å². The lowest BCUT2D eigenvalue weighted by Gasteiger charge is -2.45. The van der Waals surface area contributed by atoms with Crippen molar-refractivity contribution in [2.45, 2.75) is 50.7 Å². The largest absolute Gasteiger partial charge is 0.380 e. The van der Waals surface area contributed by atoms with E-state index < -0.39 is 0 Å². The van der Waals surface area contributed by atoms with Gasteiger partial charge in [-0.2, -0.15) is 0 Å². The Morgan fingerprint density at radius 1 is 1.33 bits per heavy atom. The first-order valence-electron chi connectivity index (χ1n) is 8.29. The number of likely N-dealkylation sites (tertiary alicyclic amines) is 2. The molecule has 0 bridgehead atoms. The Morgan fingerprint density at radius 3 is 2.81 bits per heavy atom. The quantitative estimate of drug-likeness (QED) is 0.831. The molecule has 0 aliphatic carbocycles. The van der Waals surface area contributed by atoms with Gasteiger partial charge in [-0.1, -0.05) is 6.07 Å². The van der Waals surface area contributed by atoms with Gasteiger partial charge in [-0.15, -0.1) is 11.3 Å². The summed E-state index contributed by atoms with van der Waals surface area (Å²) >= 11 is 1.88. The minimum atomic E-state index is 0.452. The molecule has 0 N–H and O–H groups in total. The molecule has 21 heavy (non-hydrogen) atoms. The van der Waals surface area contributed by atoms with E-state index in [-0.39, 0.29) is 0 Å². The topological polar surface area (TPSA) is 15.7 Å². The van der Waals surface area contributed by atoms with Crippen molar-refractivity contribution in [2.24, 2.45) is 0 Å². The predicted molar refractivity (Wildman–Crippen MR) is 88.8 cm³/mol. The third-order valence-corrected chi connectivity index (χ3v) is 6.36. The van der Waals surface area contributed by atoms with Crippen LogP contribution in [0.3, 0.4) is 0 Å². The van der Waals surface area contributed by atoms with Crippen LogP contribution in [0.2, 0.25) is 0 Å². The van der Waals surface area contributed by atoms with Gasteiger partial charge in [0.2, 0.25) is 0 Å². The van der Waals surface area contributed by atoms with E-state index in [1.54, 1.807) is 0 Å². The summed E-state index contributed by atoms with van der Waals surface area (Å²) in [6.45, 7) is 7.46. The molecule has 0 unspecified atom stereocenters. The fourth-order valence-corrected chi connectivity index (χ4v) is 4.74. The molecule has 0 saturated carbocycles. The summed E-state index contributed by atoms with van der Waals surface area (Å²) < 4.78 is 5.66. The Hall–Kier alpha value is -0.420. The SMILES string of the molecule is CCOC[C@H]1CCC2(CCN(Cc3cccs3)CC2)N1C. The van der Waals surface area contributed by atoms with E-state index in [1.165, 1.54) is 43.6 Å². The Bertz CT molecular complexity index is 426. The fourth-order valence-electron chi connectivity index (χ4n) is 3.99. The lowest BCUT2D eigenvalue weighted by Crippen LogP contribution is -2.52. The van der Waals surface area contributed by atoms with Gasteiger partial charge in [-0.25, -0.2) is 0 Å². The van der Waals surface area contributed by atoms with Crippen LogP contribution in [0.25, 0.3) is 0 Å². The van der Waals surface area contributed by atoms with Crippen LogP contribution in [0.15, 0.2) is 17.5 Å². The van der Waals surface area contributed by atoms with Crippen molar-refractivity contribution in [3.63, 3.8) is 0 Å². The van der Waals surface area contributed by atoms with Crippen molar-refractivity contribution in [2.75, 3.05) is 33.4 Å². The van der Waals surface area contributed by atoms with E-state index in [4.69, 9.17) is 4.74 Å². The monoisotopic (exact) mass is 308 g/mol. The molecule has 3 nitrogen and oxygen atoms in total. The Morgan fingerprint density at radius 2 is 2.14 bits per heavy atom. The summed E-state index contributed by atoms with van der Waals surface area (Å²) in [4.78, 5) is 6.77. The van der Waals surface area contributed by atoms with E-state index >= 15 is 0 Å². The van der Waals surface area contributed by atoms with Crippen LogP contribution >= 0.6 is 11.3 Å². The van der Waals surface area contributed by atoms with E-state index in [0.29, 0.717) is 11.6 Å². The van der Waals surface area contributed by atoms with Gasteiger partial charge in [0.05, 0.1) is 6.61 Å². The van der Waals surface area contributed by atoms with Gasteiger partial charge in [0.1, 0.15) is 0 Å². The first-order chi connectivity index (χ1) is 10.2. The van der Waals surface area contributed by atoms with E-state index in [0.717, 1.165) is 19.8 Å². The lowest BCUT2D eigenvalue weighted by atomic mass is 9.85. The molecular formula is C17H28N2OS. The van der Waals surface area contributed by atoms with Crippen molar-refractivity contribution in [1.82, 2.24) is 9.80 Å². The van der Waals surface area contributed by atoms with E-state index in [1.807, 2.05) is 11.3 Å². The summed E-state index contributed by atoms with van der Waals surface area (Å²) in [5.74, 6) is 0. The summed E-state index contributed by atoms with van der Waals surface area (Å²) in [7, 11) is 2.33. The normalized spacial score (nSPS) is 26.7. The maximum absolute atomic E-state index is 5.66. The highest BCUT2D eigenvalue weighted by Gasteiger charge is 2.45. The maximum atomic E-state index is 5.66. The van der Waals surface area contributed by atoms with Gasteiger partial charge in [-0.05, 0) is 51.1 Å². The van der Waals surface area contributed by atoms with Crippen LogP contribution in [0.1, 0.15) is 37.5 Å². The van der Waals surface area contributed by atoms with Crippen LogP contribution in [0.5, 0.6) is 0 Å². The highest BCUT2D eigenvalue weighted by molar-refractivity contribution is 7.09. The molecule has 3 rings (SSSR count). The maximum Gasteiger partial charge on any atom is 0.0621 e. The predicted octanol–water partition coefficient (Wildman–Crippen LogP) is 3.21. The second-order valence-corrected chi connectivity index (χ2v) is 7.57. The van der Waals surface area contributed by atoms with Crippen LogP contribution < -0.4 is 0 Å². The number of nitrogens with zero attached hydrogens (tertiary/aromatic N) is 2. The molecule has 1 atom stereocenters. The molecule has 1 aromatic heterocycles. The molecule has 0 amide bonds. The van der Waals surface area contributed by atoms with E-state index in [9.17, 15) is 0 Å². The molecule has 2 aliphatic heterocycles. The van der Waals surface area contributed by atoms with Gasteiger partial charge >= 0.3 is 0 Å². The molecule has 2 aliphatic rings. The van der Waals surface area contributed by atoms with E-state index in [2.05, 4.69) is 41.3 Å². The van der Waals surface area contributed by atoms with Crippen LogP contribution in [0, 0.1) is 0 Å². The molecule has 0 aromatic carbocycles. The molecule has 2 fully saturated rings. The average molecular weight is 308 g/mol. The molecule has 1 aromatic rings. The van der Waals surface area contributed by atoms with Crippen LogP contribution in [-0.2, 0) is 11.3 Å². The number of hydrogen-bond donors (Lipinski definition) is 0. The molecule has 3 heterocycles. The molecule has 0 radical (unpaired) electrons. The Labute approximate surface area is 132 Å². The number of hydrogen-bond acceptors (Lipinski definition) is 4. The number of likely N-dealkylation sites (N-methyl/N-ethyl adjacent to an activating group) is 1. The van der Waals surface area contributed by atoms with Gasteiger partial charge in [0, 0.05) is 42.7 Å². The second-order valence-electron chi connectivity index (χ2n) is 6.54. The highest BCUT2D eigenvalue weighted by atomic mass is 32.1. The van der Waals surface area contributed by atoms with Gasteiger partial charge < -0.3 is 4.74 Å². The van der Waals surface area contributed by atoms with Crippen molar-refractivity contribution in [3.05, 3.63) is 22.4 Å². The standard InChI is InChI=1S/C17H28N2OS/c1-3-20-14-15-6-7-17(18(15)2)8-10-19(11-9-17)13-16-5-4-12-21-16/h4-5,12,15H,3,6-11,13-14H2,1-2H3/t15-/m1/s1. The zero-order valence-electron chi connectivity index (χ0n) is 13.4. The third-order valence-electron chi connectivity index (χ3n) is 5.50. The molecule has 118 valence electrons. The summed E-state index contributed by atoms with van der Waals surface area (Å²) in [6.07, 6.45) is 5.30. The first kappa shape index (κ1) is 15.5. The summed E-state index contributed by atoms with van der Waals surface area (Å²) in [6, 6.07) is 5.05. The Kier molecular flexibility index (Phi) is 4.99. The van der Waals surface area contributed by atoms with Gasteiger partial charge in [0.15, 0.2) is 0 Å². The van der Waals surface area contributed by atoms with Gasteiger partial charge in [-0.3, -0.25) is 9.80 Å². The number of rotatable bonds is 5. The zero-order valence-corrected chi connectivity index (χ0v) is 14.2. The van der Waals surface area contributed by atoms with Crippen molar-refractivity contribution in [3.8, 4) is 0 Å². The first-order valence-corrected chi connectivity index (χ1v) is 9.17. The van der Waals surface area contributed by atoms with Crippen molar-refractivity contribution in [1.29, 1.82) is 0 Å². The second kappa shape index (κ2) is 6.78. The number of piperidine rings is 1. The van der Waals surface area contributed by atoms with Crippen LogP contribution in [-0.4, -0.2) is 54.7 Å².